The molecule has 0 spiro atoms. The Morgan fingerprint density at radius 3 is 2.56 bits per heavy atom. The van der Waals surface area contributed by atoms with Gasteiger partial charge in [0.1, 0.15) is 0 Å². The van der Waals surface area contributed by atoms with Crippen LogP contribution in [0, 0.1) is 0 Å². The quantitative estimate of drug-likeness (QED) is 0.473. The van der Waals surface area contributed by atoms with Crippen LogP contribution in [0.5, 0.6) is 0 Å². The number of alkyl halides is 3. The number of aromatic nitrogens is 2. The lowest BCUT2D eigenvalue weighted by molar-refractivity contribution is -0.137. The number of anilines is 2. The molecule has 0 bridgehead atoms. The molecule has 1 aliphatic heterocycles. The van der Waals surface area contributed by atoms with Crippen molar-refractivity contribution < 1.29 is 27.1 Å². The van der Waals surface area contributed by atoms with E-state index in [4.69, 9.17) is 9.15 Å². The predicted molar refractivity (Wildman–Crippen MR) is 119 cm³/mol. The number of hydrogen-bond acceptors (Lipinski definition) is 7. The van der Waals surface area contributed by atoms with E-state index in [2.05, 4.69) is 25.7 Å². The number of benzene rings is 2. The van der Waals surface area contributed by atoms with Crippen LogP contribution < -0.4 is 10.6 Å². The van der Waals surface area contributed by atoms with Crippen LogP contribution in [-0.2, 0) is 10.9 Å². The van der Waals surface area contributed by atoms with Crippen molar-refractivity contribution in [2.75, 3.05) is 50.0 Å². The smallest absolute Gasteiger partial charge is 0.403 e. The second-order valence-corrected chi connectivity index (χ2v) is 7.72. The van der Waals surface area contributed by atoms with Gasteiger partial charge in [-0.1, -0.05) is 23.3 Å². The minimum atomic E-state index is -4.69. The summed E-state index contributed by atoms with van der Waals surface area (Å²) in [5, 5.41) is 13.0. The summed E-state index contributed by atoms with van der Waals surface area (Å²) in [6, 6.07) is 11.7. The molecule has 0 saturated carbocycles. The Labute approximate surface area is 194 Å². The van der Waals surface area contributed by atoms with Gasteiger partial charge in [-0.3, -0.25) is 9.69 Å². The summed E-state index contributed by atoms with van der Waals surface area (Å²) < 4.78 is 52.1. The van der Waals surface area contributed by atoms with Gasteiger partial charge in [-0.2, -0.15) is 13.2 Å². The minimum Gasteiger partial charge on any atom is -0.403 e. The standard InChI is InChI=1S/C23H24F3N5O3/c24-23(25,26)19-15-17(28-20(32)16-5-2-1-3-6-16)7-8-18(19)21-29-30-22(34-21)27-9-4-10-31-11-13-33-14-12-31/h1-3,5-8,15H,4,9-14H2,(H,27,30)(H,28,32). The van der Waals surface area contributed by atoms with Crippen LogP contribution in [0.2, 0.25) is 0 Å². The highest BCUT2D eigenvalue weighted by atomic mass is 19.4. The van der Waals surface area contributed by atoms with Gasteiger partial charge < -0.3 is 19.8 Å². The van der Waals surface area contributed by atoms with Gasteiger partial charge in [-0.15, -0.1) is 5.10 Å². The predicted octanol–water partition coefficient (Wildman–Crippen LogP) is 4.14. The number of hydrogen-bond donors (Lipinski definition) is 2. The molecule has 3 aromatic rings. The third-order valence-electron chi connectivity index (χ3n) is 5.31. The zero-order chi connectivity index (χ0) is 24.0. The number of amides is 1. The Kier molecular flexibility index (Phi) is 7.43. The number of halogens is 3. The summed E-state index contributed by atoms with van der Waals surface area (Å²) in [5.74, 6) is -0.772. The summed E-state index contributed by atoms with van der Waals surface area (Å²) in [4.78, 5) is 14.6. The van der Waals surface area contributed by atoms with E-state index in [1.165, 1.54) is 12.1 Å². The van der Waals surface area contributed by atoms with E-state index in [-0.39, 0.29) is 23.2 Å². The van der Waals surface area contributed by atoms with Crippen molar-refractivity contribution >= 4 is 17.6 Å². The fraction of sp³-hybridized carbons (Fsp3) is 0.348. The summed E-state index contributed by atoms with van der Waals surface area (Å²) in [6.07, 6.45) is -3.88. The van der Waals surface area contributed by atoms with Crippen molar-refractivity contribution in [2.24, 2.45) is 0 Å². The molecule has 2 aromatic carbocycles. The Morgan fingerprint density at radius 1 is 1.06 bits per heavy atom. The van der Waals surface area contributed by atoms with Crippen molar-refractivity contribution in [3.05, 3.63) is 59.7 Å². The van der Waals surface area contributed by atoms with Crippen molar-refractivity contribution in [1.29, 1.82) is 0 Å². The lowest BCUT2D eigenvalue weighted by Crippen LogP contribution is -2.37. The van der Waals surface area contributed by atoms with Gasteiger partial charge in [0.25, 0.3) is 5.91 Å². The first kappa shape index (κ1) is 23.7. The maximum absolute atomic E-state index is 13.8. The normalized spacial score (nSPS) is 14.7. The molecular weight excluding hydrogens is 451 g/mol. The highest BCUT2D eigenvalue weighted by Gasteiger charge is 2.35. The Bertz CT molecular complexity index is 1100. The number of morpholine rings is 1. The SMILES string of the molecule is O=C(Nc1ccc(-c2nnc(NCCCN3CCOCC3)o2)c(C(F)(F)F)c1)c1ccccc1. The number of ether oxygens (including phenoxy) is 1. The van der Waals surface area contributed by atoms with Crippen LogP contribution >= 0.6 is 0 Å². The molecule has 0 unspecified atom stereocenters. The first-order valence-electron chi connectivity index (χ1n) is 10.9. The molecule has 0 aliphatic carbocycles. The summed E-state index contributed by atoms with van der Waals surface area (Å²) >= 11 is 0. The van der Waals surface area contributed by atoms with Gasteiger partial charge in [-0.25, -0.2) is 0 Å². The van der Waals surface area contributed by atoms with E-state index in [1.54, 1.807) is 30.3 Å². The lowest BCUT2D eigenvalue weighted by Gasteiger charge is -2.26. The average Bonchev–Trinajstić information content (AvgIpc) is 3.31. The monoisotopic (exact) mass is 475 g/mol. The zero-order valence-electron chi connectivity index (χ0n) is 18.3. The van der Waals surface area contributed by atoms with Crippen LogP contribution in [0.3, 0.4) is 0 Å². The molecule has 1 saturated heterocycles. The van der Waals surface area contributed by atoms with E-state index in [9.17, 15) is 18.0 Å². The van der Waals surface area contributed by atoms with Crippen LogP contribution in [0.1, 0.15) is 22.3 Å². The molecule has 1 fully saturated rings. The number of nitrogens with one attached hydrogen (secondary N) is 2. The van der Waals surface area contributed by atoms with Crippen molar-refractivity contribution in [1.82, 2.24) is 15.1 Å². The Hall–Kier alpha value is -3.44. The molecule has 2 heterocycles. The molecule has 180 valence electrons. The summed E-state index contributed by atoms with van der Waals surface area (Å²) in [6.45, 7) is 4.61. The van der Waals surface area contributed by atoms with E-state index < -0.39 is 17.6 Å². The van der Waals surface area contributed by atoms with Gasteiger partial charge in [0.2, 0.25) is 5.89 Å². The molecule has 8 nitrogen and oxygen atoms in total. The third kappa shape index (κ3) is 6.12. The van der Waals surface area contributed by atoms with Crippen molar-refractivity contribution in [3.63, 3.8) is 0 Å². The maximum Gasteiger partial charge on any atom is 0.417 e. The second kappa shape index (κ2) is 10.7. The van der Waals surface area contributed by atoms with Crippen LogP contribution in [0.4, 0.5) is 24.9 Å². The fourth-order valence-electron chi connectivity index (χ4n) is 3.56. The van der Waals surface area contributed by atoms with Crippen molar-refractivity contribution in [2.45, 2.75) is 12.6 Å². The van der Waals surface area contributed by atoms with Crippen LogP contribution in [-0.4, -0.2) is 60.4 Å². The number of carbonyl (C=O) groups excluding carboxylic acids is 1. The number of carbonyl (C=O) groups is 1. The van der Waals surface area contributed by atoms with E-state index >= 15 is 0 Å². The molecule has 34 heavy (non-hydrogen) atoms. The molecule has 4 rings (SSSR count). The second-order valence-electron chi connectivity index (χ2n) is 7.72. The van der Waals surface area contributed by atoms with Gasteiger partial charge in [0, 0.05) is 30.9 Å². The Balaban J connectivity index is 1.42. The average molecular weight is 475 g/mol. The van der Waals surface area contributed by atoms with Crippen molar-refractivity contribution in [3.8, 4) is 11.5 Å². The molecule has 1 amide bonds. The molecule has 0 atom stereocenters. The lowest BCUT2D eigenvalue weighted by atomic mass is 10.1. The van der Waals surface area contributed by atoms with E-state index in [0.717, 1.165) is 45.3 Å². The largest absolute Gasteiger partial charge is 0.417 e. The van der Waals surface area contributed by atoms with Crippen LogP contribution in [0.25, 0.3) is 11.5 Å². The maximum atomic E-state index is 13.8. The highest BCUT2D eigenvalue weighted by Crippen LogP contribution is 2.38. The van der Waals surface area contributed by atoms with Gasteiger partial charge in [0.05, 0.1) is 24.3 Å². The molecule has 11 heteroatoms. The Morgan fingerprint density at radius 2 is 1.82 bits per heavy atom. The first-order valence-corrected chi connectivity index (χ1v) is 10.9. The fourth-order valence-corrected chi connectivity index (χ4v) is 3.56. The van der Waals surface area contributed by atoms with Crippen LogP contribution in [0.15, 0.2) is 52.9 Å². The summed E-state index contributed by atoms with van der Waals surface area (Å²) in [7, 11) is 0. The van der Waals surface area contributed by atoms with Gasteiger partial charge in [-0.05, 0) is 43.3 Å². The zero-order valence-corrected chi connectivity index (χ0v) is 18.3. The molecule has 2 N–H and O–H groups in total. The van der Waals surface area contributed by atoms with Gasteiger partial charge >= 0.3 is 12.2 Å². The first-order chi connectivity index (χ1) is 16.4. The minimum absolute atomic E-state index is 0.00547. The summed E-state index contributed by atoms with van der Waals surface area (Å²) in [5.41, 5.74) is -0.910. The molecule has 0 radical (unpaired) electrons. The third-order valence-corrected chi connectivity index (χ3v) is 5.31. The topological polar surface area (TPSA) is 92.5 Å². The van der Waals surface area contributed by atoms with E-state index in [1.807, 2.05) is 0 Å². The highest BCUT2D eigenvalue weighted by molar-refractivity contribution is 6.04. The number of nitrogens with zero attached hydrogens (tertiary/aromatic N) is 3. The number of rotatable bonds is 8. The molecular formula is C23H24F3N5O3. The van der Waals surface area contributed by atoms with E-state index in [0.29, 0.717) is 12.1 Å². The molecule has 1 aromatic heterocycles. The van der Waals surface area contributed by atoms with Gasteiger partial charge in [0.15, 0.2) is 0 Å². The molecule has 1 aliphatic rings.